The summed E-state index contributed by atoms with van der Waals surface area (Å²) in [6.07, 6.45) is 9.08. The summed E-state index contributed by atoms with van der Waals surface area (Å²) in [4.78, 5) is 6.64. The molecule has 1 N–H and O–H groups in total. The van der Waals surface area contributed by atoms with Crippen LogP contribution in [0.4, 0.5) is 0 Å². The number of aromatic nitrogens is 2. The van der Waals surface area contributed by atoms with E-state index in [1.165, 1.54) is 12.8 Å². The van der Waals surface area contributed by atoms with E-state index in [9.17, 15) is 5.11 Å². The van der Waals surface area contributed by atoms with Crippen LogP contribution in [0, 0.1) is 0 Å². The zero-order chi connectivity index (χ0) is 13.0. The van der Waals surface area contributed by atoms with Gasteiger partial charge in [-0.1, -0.05) is 12.8 Å². The summed E-state index contributed by atoms with van der Waals surface area (Å²) < 4.78 is 2.17. The predicted octanol–water partition coefficient (Wildman–Crippen LogP) is 2.03. The van der Waals surface area contributed by atoms with Gasteiger partial charge in [0, 0.05) is 25.5 Å². The van der Waals surface area contributed by atoms with E-state index in [-0.39, 0.29) is 0 Å². The molecule has 18 heavy (non-hydrogen) atoms. The minimum atomic E-state index is -0.394. The molecular weight excluding hydrogens is 226 g/mol. The van der Waals surface area contributed by atoms with Crippen molar-refractivity contribution in [2.75, 3.05) is 13.6 Å². The van der Waals surface area contributed by atoms with Crippen molar-refractivity contribution in [1.29, 1.82) is 0 Å². The van der Waals surface area contributed by atoms with E-state index in [1.54, 1.807) is 0 Å². The van der Waals surface area contributed by atoms with Crippen molar-refractivity contribution in [1.82, 2.24) is 14.5 Å². The average Bonchev–Trinajstić information content (AvgIpc) is 2.96. The molecule has 0 unspecified atom stereocenters. The first-order valence-electron chi connectivity index (χ1n) is 7.04. The van der Waals surface area contributed by atoms with Gasteiger partial charge in [0.25, 0.3) is 0 Å². The number of hydrogen-bond acceptors (Lipinski definition) is 3. The van der Waals surface area contributed by atoms with Gasteiger partial charge in [-0.2, -0.15) is 0 Å². The summed E-state index contributed by atoms with van der Waals surface area (Å²) in [7, 11) is 2.10. The highest BCUT2D eigenvalue weighted by Gasteiger charge is 2.30. The highest BCUT2D eigenvalue weighted by atomic mass is 16.3. The standard InChI is InChI=1S/C14H25N3O/c1-3-17-11-9-15-13(17)12-16(2)10-8-14(18)6-4-5-7-14/h9,11,18H,3-8,10,12H2,1-2H3. The molecule has 1 aromatic rings. The van der Waals surface area contributed by atoms with Crippen molar-refractivity contribution in [2.45, 2.75) is 57.7 Å². The fourth-order valence-corrected chi connectivity index (χ4v) is 2.78. The number of hydrogen-bond donors (Lipinski definition) is 1. The highest BCUT2D eigenvalue weighted by molar-refractivity contribution is 4.92. The Labute approximate surface area is 110 Å². The molecule has 0 atom stereocenters. The van der Waals surface area contributed by atoms with E-state index in [1.807, 2.05) is 12.4 Å². The van der Waals surface area contributed by atoms with Gasteiger partial charge in [0.1, 0.15) is 5.82 Å². The van der Waals surface area contributed by atoms with Crippen LogP contribution in [0.25, 0.3) is 0 Å². The Morgan fingerprint density at radius 2 is 2.17 bits per heavy atom. The van der Waals surface area contributed by atoms with Gasteiger partial charge in [-0.25, -0.2) is 4.98 Å². The first kappa shape index (κ1) is 13.6. The monoisotopic (exact) mass is 251 g/mol. The van der Waals surface area contributed by atoms with E-state index in [0.29, 0.717) is 0 Å². The van der Waals surface area contributed by atoms with Gasteiger partial charge in [0.2, 0.25) is 0 Å². The molecule has 0 bridgehead atoms. The van der Waals surface area contributed by atoms with Crippen LogP contribution in [-0.4, -0.2) is 38.8 Å². The lowest BCUT2D eigenvalue weighted by Gasteiger charge is -2.25. The zero-order valence-corrected chi connectivity index (χ0v) is 11.6. The van der Waals surface area contributed by atoms with Gasteiger partial charge >= 0.3 is 0 Å². The lowest BCUT2D eigenvalue weighted by molar-refractivity contribution is 0.0295. The Hall–Kier alpha value is -0.870. The molecule has 2 rings (SSSR count). The number of aliphatic hydroxyl groups is 1. The smallest absolute Gasteiger partial charge is 0.122 e. The highest BCUT2D eigenvalue weighted by Crippen LogP contribution is 2.32. The topological polar surface area (TPSA) is 41.3 Å². The second kappa shape index (κ2) is 5.85. The fourth-order valence-electron chi connectivity index (χ4n) is 2.78. The van der Waals surface area contributed by atoms with Gasteiger partial charge in [-0.05, 0) is 33.2 Å². The molecule has 1 aliphatic rings. The molecule has 0 radical (unpaired) electrons. The summed E-state index contributed by atoms with van der Waals surface area (Å²) in [5, 5.41) is 10.3. The van der Waals surface area contributed by atoms with E-state index in [2.05, 4.69) is 28.4 Å². The van der Waals surface area contributed by atoms with Crippen LogP contribution in [0.1, 0.15) is 44.9 Å². The maximum Gasteiger partial charge on any atom is 0.122 e. The Morgan fingerprint density at radius 3 is 2.83 bits per heavy atom. The maximum absolute atomic E-state index is 10.3. The largest absolute Gasteiger partial charge is 0.390 e. The van der Waals surface area contributed by atoms with Gasteiger partial charge in [0.15, 0.2) is 0 Å². The molecule has 1 saturated carbocycles. The zero-order valence-electron chi connectivity index (χ0n) is 11.6. The molecule has 0 saturated heterocycles. The molecular formula is C14H25N3O. The molecule has 4 nitrogen and oxygen atoms in total. The quantitative estimate of drug-likeness (QED) is 0.841. The molecule has 102 valence electrons. The lowest BCUT2D eigenvalue weighted by atomic mass is 9.98. The summed E-state index contributed by atoms with van der Waals surface area (Å²) in [6, 6.07) is 0. The number of rotatable bonds is 6. The summed E-state index contributed by atoms with van der Waals surface area (Å²) in [6.45, 7) is 4.89. The van der Waals surface area contributed by atoms with E-state index >= 15 is 0 Å². The van der Waals surface area contributed by atoms with Gasteiger partial charge in [-0.3, -0.25) is 4.90 Å². The molecule has 1 aliphatic carbocycles. The van der Waals surface area contributed by atoms with Crippen molar-refractivity contribution in [3.8, 4) is 0 Å². The Bertz CT molecular complexity index is 369. The predicted molar refractivity (Wildman–Crippen MR) is 72.3 cm³/mol. The van der Waals surface area contributed by atoms with Crippen LogP contribution in [0.15, 0.2) is 12.4 Å². The first-order valence-corrected chi connectivity index (χ1v) is 7.04. The third-order valence-corrected chi connectivity index (χ3v) is 4.05. The minimum Gasteiger partial charge on any atom is -0.390 e. The number of nitrogens with zero attached hydrogens (tertiary/aromatic N) is 3. The van der Waals surface area contributed by atoms with Gasteiger partial charge < -0.3 is 9.67 Å². The Morgan fingerprint density at radius 1 is 1.44 bits per heavy atom. The minimum absolute atomic E-state index is 0.394. The van der Waals surface area contributed by atoms with Crippen LogP contribution < -0.4 is 0 Å². The average molecular weight is 251 g/mol. The molecule has 0 aliphatic heterocycles. The van der Waals surface area contributed by atoms with Crippen molar-refractivity contribution in [2.24, 2.45) is 0 Å². The Balaban J connectivity index is 1.80. The lowest BCUT2D eigenvalue weighted by Crippen LogP contribution is -2.31. The second-order valence-corrected chi connectivity index (χ2v) is 5.55. The number of imidazole rings is 1. The first-order chi connectivity index (χ1) is 8.63. The molecule has 0 amide bonds. The van der Waals surface area contributed by atoms with E-state index in [4.69, 9.17) is 0 Å². The fraction of sp³-hybridized carbons (Fsp3) is 0.786. The molecule has 0 spiro atoms. The van der Waals surface area contributed by atoms with Crippen LogP contribution in [-0.2, 0) is 13.1 Å². The summed E-state index contributed by atoms with van der Waals surface area (Å²) >= 11 is 0. The maximum atomic E-state index is 10.3. The normalized spacial score (nSPS) is 18.7. The summed E-state index contributed by atoms with van der Waals surface area (Å²) in [5.41, 5.74) is -0.394. The van der Waals surface area contributed by atoms with Gasteiger partial charge in [-0.15, -0.1) is 0 Å². The molecule has 4 heteroatoms. The van der Waals surface area contributed by atoms with E-state index < -0.39 is 5.60 Å². The van der Waals surface area contributed by atoms with Crippen LogP contribution in [0.5, 0.6) is 0 Å². The van der Waals surface area contributed by atoms with Crippen molar-refractivity contribution < 1.29 is 5.11 Å². The van der Waals surface area contributed by atoms with Crippen molar-refractivity contribution in [3.05, 3.63) is 18.2 Å². The van der Waals surface area contributed by atoms with E-state index in [0.717, 1.165) is 44.7 Å². The molecule has 1 aromatic heterocycles. The van der Waals surface area contributed by atoms with Crippen molar-refractivity contribution >= 4 is 0 Å². The Kier molecular flexibility index (Phi) is 4.40. The number of aryl methyl sites for hydroxylation is 1. The van der Waals surface area contributed by atoms with Crippen LogP contribution >= 0.6 is 0 Å². The molecule has 0 aromatic carbocycles. The van der Waals surface area contributed by atoms with Crippen molar-refractivity contribution in [3.63, 3.8) is 0 Å². The third kappa shape index (κ3) is 3.33. The second-order valence-electron chi connectivity index (χ2n) is 5.55. The molecule has 1 fully saturated rings. The van der Waals surface area contributed by atoms with Crippen LogP contribution in [0.3, 0.4) is 0 Å². The van der Waals surface area contributed by atoms with Gasteiger partial charge in [0.05, 0.1) is 12.1 Å². The third-order valence-electron chi connectivity index (χ3n) is 4.05. The molecule has 1 heterocycles. The summed E-state index contributed by atoms with van der Waals surface area (Å²) in [5.74, 6) is 1.11. The van der Waals surface area contributed by atoms with Crippen LogP contribution in [0.2, 0.25) is 0 Å². The SMILES string of the molecule is CCn1ccnc1CN(C)CCC1(O)CCCC1.